The molecule has 2 aromatic rings. The maximum Gasteiger partial charge on any atom is 0.269 e. The fourth-order valence-corrected chi connectivity index (χ4v) is 3.78. The molecule has 0 atom stereocenters. The standard InChI is InChI=1S/C17H20BrN3O4S/c1-21(9-12-5-7-15(18)26-12)10-16(22)19-20-17(23)11-4-6-13(24-2)14(8-11)25-3/h4-8H,9-10H2,1-3H3,(H,19,22)(H,20,23). The van der Waals surface area contributed by atoms with Gasteiger partial charge >= 0.3 is 0 Å². The lowest BCUT2D eigenvalue weighted by Crippen LogP contribution is -2.45. The van der Waals surface area contributed by atoms with Crippen LogP contribution < -0.4 is 20.3 Å². The molecule has 0 aliphatic carbocycles. The van der Waals surface area contributed by atoms with E-state index in [2.05, 4.69) is 26.8 Å². The van der Waals surface area contributed by atoms with E-state index in [1.807, 2.05) is 24.1 Å². The fraction of sp³-hybridized carbons (Fsp3) is 0.294. The summed E-state index contributed by atoms with van der Waals surface area (Å²) in [5, 5.41) is 0. The summed E-state index contributed by atoms with van der Waals surface area (Å²) in [7, 11) is 4.84. The van der Waals surface area contributed by atoms with Gasteiger partial charge < -0.3 is 9.47 Å². The number of benzene rings is 1. The quantitative estimate of drug-likeness (QED) is 0.644. The van der Waals surface area contributed by atoms with Crippen molar-refractivity contribution in [2.45, 2.75) is 6.54 Å². The predicted molar refractivity (Wildman–Crippen MR) is 104 cm³/mol. The summed E-state index contributed by atoms with van der Waals surface area (Å²) in [6, 6.07) is 8.73. The molecular formula is C17H20BrN3O4S. The average Bonchev–Trinajstić information content (AvgIpc) is 3.03. The summed E-state index contributed by atoms with van der Waals surface area (Å²) in [5.74, 6) is 0.212. The van der Waals surface area contributed by atoms with Crippen molar-refractivity contribution in [3.8, 4) is 11.5 Å². The van der Waals surface area contributed by atoms with E-state index < -0.39 is 5.91 Å². The second-order valence-electron chi connectivity index (χ2n) is 5.45. The molecule has 1 aromatic carbocycles. The van der Waals surface area contributed by atoms with Crippen LogP contribution >= 0.6 is 27.3 Å². The van der Waals surface area contributed by atoms with Crippen LogP contribution in [0.2, 0.25) is 0 Å². The summed E-state index contributed by atoms with van der Waals surface area (Å²) in [6.45, 7) is 0.801. The molecule has 0 fully saturated rings. The molecule has 1 aromatic heterocycles. The van der Waals surface area contributed by atoms with E-state index in [4.69, 9.17) is 9.47 Å². The number of hydrogen-bond donors (Lipinski definition) is 2. The van der Waals surface area contributed by atoms with Gasteiger partial charge in [-0.3, -0.25) is 25.3 Å². The number of ether oxygens (including phenoxy) is 2. The molecule has 2 N–H and O–H groups in total. The Labute approximate surface area is 164 Å². The van der Waals surface area contributed by atoms with Crippen LogP contribution in [0.1, 0.15) is 15.2 Å². The summed E-state index contributed by atoms with van der Waals surface area (Å²) < 4.78 is 11.3. The molecule has 2 rings (SSSR count). The van der Waals surface area contributed by atoms with Crippen molar-refractivity contribution in [2.75, 3.05) is 27.8 Å². The zero-order valence-electron chi connectivity index (χ0n) is 14.7. The van der Waals surface area contributed by atoms with Crippen LogP contribution in [0.15, 0.2) is 34.1 Å². The monoisotopic (exact) mass is 441 g/mol. The first kappa shape index (κ1) is 20.2. The Hall–Kier alpha value is -2.10. The molecular weight excluding hydrogens is 422 g/mol. The Bertz CT molecular complexity index is 781. The van der Waals surface area contributed by atoms with Crippen LogP contribution in [0.3, 0.4) is 0 Å². The number of amides is 2. The number of hydrazine groups is 1. The van der Waals surface area contributed by atoms with Gasteiger partial charge in [0.2, 0.25) is 0 Å². The molecule has 0 spiro atoms. The van der Waals surface area contributed by atoms with E-state index in [-0.39, 0.29) is 12.5 Å². The van der Waals surface area contributed by atoms with Crippen molar-refractivity contribution in [2.24, 2.45) is 0 Å². The number of nitrogens with zero attached hydrogens (tertiary/aromatic N) is 1. The molecule has 140 valence electrons. The molecule has 0 saturated heterocycles. The van der Waals surface area contributed by atoms with Crippen LogP contribution in [0.25, 0.3) is 0 Å². The minimum Gasteiger partial charge on any atom is -0.493 e. The van der Waals surface area contributed by atoms with Gasteiger partial charge in [-0.1, -0.05) is 0 Å². The normalized spacial score (nSPS) is 10.5. The summed E-state index contributed by atoms with van der Waals surface area (Å²) in [4.78, 5) is 27.1. The SMILES string of the molecule is COc1ccc(C(=O)NNC(=O)CN(C)Cc2ccc(Br)s2)cc1OC. The van der Waals surface area contributed by atoms with Crippen molar-refractivity contribution in [3.63, 3.8) is 0 Å². The molecule has 0 aliphatic heterocycles. The lowest BCUT2D eigenvalue weighted by Gasteiger charge is -2.15. The van der Waals surface area contributed by atoms with Crippen molar-refractivity contribution in [3.05, 3.63) is 44.6 Å². The smallest absolute Gasteiger partial charge is 0.269 e. The van der Waals surface area contributed by atoms with Crippen LogP contribution in [0, 0.1) is 0 Å². The fourth-order valence-electron chi connectivity index (χ4n) is 2.22. The number of rotatable bonds is 7. The number of likely N-dealkylation sites (N-methyl/N-ethyl adjacent to an activating group) is 1. The molecule has 26 heavy (non-hydrogen) atoms. The molecule has 9 heteroatoms. The van der Waals surface area contributed by atoms with E-state index in [1.165, 1.54) is 14.2 Å². The van der Waals surface area contributed by atoms with Gasteiger partial charge in [-0.05, 0) is 53.3 Å². The Morgan fingerprint density at radius 3 is 2.46 bits per heavy atom. The number of methoxy groups -OCH3 is 2. The minimum absolute atomic E-state index is 0.154. The van der Waals surface area contributed by atoms with Crippen LogP contribution in [-0.4, -0.2) is 44.5 Å². The van der Waals surface area contributed by atoms with E-state index in [1.54, 1.807) is 29.5 Å². The maximum atomic E-state index is 12.2. The number of hydrogen-bond acceptors (Lipinski definition) is 6. The summed E-state index contributed by atoms with van der Waals surface area (Å²) in [6.07, 6.45) is 0. The highest BCUT2D eigenvalue weighted by molar-refractivity contribution is 9.11. The van der Waals surface area contributed by atoms with Crippen molar-refractivity contribution in [1.82, 2.24) is 15.8 Å². The number of thiophene rings is 1. The average molecular weight is 442 g/mol. The number of carbonyl (C=O) groups excluding carboxylic acids is 2. The number of nitrogens with one attached hydrogen (secondary N) is 2. The highest BCUT2D eigenvalue weighted by atomic mass is 79.9. The molecule has 1 heterocycles. The van der Waals surface area contributed by atoms with Crippen LogP contribution in [0.5, 0.6) is 11.5 Å². The highest BCUT2D eigenvalue weighted by Crippen LogP contribution is 2.27. The molecule has 0 saturated carbocycles. The molecule has 2 amide bonds. The summed E-state index contributed by atoms with van der Waals surface area (Å²) >= 11 is 5.03. The van der Waals surface area contributed by atoms with Gasteiger partial charge in [0.05, 0.1) is 24.6 Å². The second-order valence-corrected chi connectivity index (χ2v) is 8.00. The third-order valence-corrected chi connectivity index (χ3v) is 5.04. The summed E-state index contributed by atoms with van der Waals surface area (Å²) in [5.41, 5.74) is 5.15. The first-order chi connectivity index (χ1) is 12.4. The van der Waals surface area contributed by atoms with Gasteiger partial charge in [-0.15, -0.1) is 11.3 Å². The Morgan fingerprint density at radius 1 is 1.12 bits per heavy atom. The Balaban J connectivity index is 1.83. The maximum absolute atomic E-state index is 12.2. The van der Waals surface area contributed by atoms with Crippen LogP contribution in [-0.2, 0) is 11.3 Å². The van der Waals surface area contributed by atoms with Gasteiger partial charge in [0, 0.05) is 17.0 Å². The topological polar surface area (TPSA) is 79.9 Å². The molecule has 0 unspecified atom stereocenters. The second kappa shape index (κ2) is 9.56. The van der Waals surface area contributed by atoms with E-state index in [0.717, 1.165) is 8.66 Å². The van der Waals surface area contributed by atoms with Crippen LogP contribution in [0.4, 0.5) is 0 Å². The third kappa shape index (κ3) is 5.72. The van der Waals surface area contributed by atoms with Gasteiger partial charge in [0.15, 0.2) is 11.5 Å². The molecule has 0 aliphatic rings. The van der Waals surface area contributed by atoms with Crippen molar-refractivity contribution >= 4 is 39.1 Å². The van der Waals surface area contributed by atoms with E-state index >= 15 is 0 Å². The van der Waals surface area contributed by atoms with Gasteiger partial charge in [0.1, 0.15) is 0 Å². The highest BCUT2D eigenvalue weighted by Gasteiger charge is 2.13. The first-order valence-corrected chi connectivity index (χ1v) is 9.28. The van der Waals surface area contributed by atoms with Crippen molar-refractivity contribution in [1.29, 1.82) is 0 Å². The van der Waals surface area contributed by atoms with Crippen molar-refractivity contribution < 1.29 is 19.1 Å². The third-order valence-electron chi connectivity index (χ3n) is 3.43. The molecule has 0 radical (unpaired) electrons. The number of carbonyl (C=O) groups is 2. The van der Waals surface area contributed by atoms with E-state index in [0.29, 0.717) is 23.6 Å². The lowest BCUT2D eigenvalue weighted by atomic mass is 10.2. The van der Waals surface area contributed by atoms with E-state index in [9.17, 15) is 9.59 Å². The van der Waals surface area contributed by atoms with Gasteiger partial charge in [0.25, 0.3) is 11.8 Å². The lowest BCUT2D eigenvalue weighted by molar-refractivity contribution is -0.122. The van der Waals surface area contributed by atoms with Gasteiger partial charge in [-0.25, -0.2) is 0 Å². The first-order valence-electron chi connectivity index (χ1n) is 7.67. The largest absolute Gasteiger partial charge is 0.493 e. The van der Waals surface area contributed by atoms with Gasteiger partial charge in [-0.2, -0.15) is 0 Å². The zero-order valence-corrected chi connectivity index (χ0v) is 17.1. The molecule has 7 nitrogen and oxygen atoms in total. The number of halogens is 1. The zero-order chi connectivity index (χ0) is 19.1. The molecule has 0 bridgehead atoms. The Kier molecular flexibility index (Phi) is 7.43. The minimum atomic E-state index is -0.441. The Morgan fingerprint density at radius 2 is 1.85 bits per heavy atom. The predicted octanol–water partition coefficient (Wildman–Crippen LogP) is 2.42.